The predicted octanol–water partition coefficient (Wildman–Crippen LogP) is 7.93. The molecule has 8 nitrogen and oxygen atoms in total. The number of ether oxygens (including phenoxy) is 1. The Morgan fingerprint density at radius 3 is 2.31 bits per heavy atom. The van der Waals surface area contributed by atoms with Crippen molar-refractivity contribution in [2.45, 2.75) is 82.7 Å². The zero-order valence-electron chi connectivity index (χ0n) is 24.9. The standard InChI is InChI=1S/C30H29Cl2F8N5O3/c31-19-7-2-14(12-41-27(47)28(8-1-9-28)30(38,39)40)22(32)23(19)43-21-11-15-10-18(26(45-24(15)44-21)48-13-20(33)34)25(46)42-17-5-3-16(4-6-17)29(35,36)37/h2,7,10,16-17,20H,1,3-6,8-9,11-13H2,(H,41,47)(H,42,46)(H,43,44,45). The molecule has 1 aromatic carbocycles. The minimum atomic E-state index is -4.70. The van der Waals surface area contributed by atoms with Crippen molar-refractivity contribution in [1.29, 1.82) is 0 Å². The van der Waals surface area contributed by atoms with Crippen molar-refractivity contribution < 1.29 is 49.4 Å². The average Bonchev–Trinajstić information content (AvgIpc) is 3.37. The number of fused-ring (bicyclic) bond motifs is 1. The number of aliphatic imine (C=N–C) groups is 1. The summed E-state index contributed by atoms with van der Waals surface area (Å²) in [7, 11) is 0. The van der Waals surface area contributed by atoms with Gasteiger partial charge in [-0.3, -0.25) is 9.59 Å². The molecule has 5 rings (SSSR count). The third kappa shape index (κ3) is 7.58. The van der Waals surface area contributed by atoms with Crippen LogP contribution in [0.4, 0.5) is 46.6 Å². The molecule has 3 N–H and O–H groups in total. The van der Waals surface area contributed by atoms with Gasteiger partial charge in [0.15, 0.2) is 12.4 Å². The number of aromatic nitrogens is 1. The quantitative estimate of drug-likeness (QED) is 0.228. The minimum absolute atomic E-state index is 0.00894. The van der Waals surface area contributed by atoms with Crippen molar-refractivity contribution in [3.05, 3.63) is 44.9 Å². The van der Waals surface area contributed by atoms with Gasteiger partial charge in [0, 0.05) is 24.6 Å². The summed E-state index contributed by atoms with van der Waals surface area (Å²) >= 11 is 12.9. The molecule has 262 valence electrons. The van der Waals surface area contributed by atoms with E-state index in [0.29, 0.717) is 5.56 Å². The Balaban J connectivity index is 1.30. The zero-order valence-corrected chi connectivity index (χ0v) is 26.4. The van der Waals surface area contributed by atoms with Crippen LogP contribution in [0.1, 0.15) is 66.4 Å². The van der Waals surface area contributed by atoms with E-state index in [9.17, 15) is 44.7 Å². The Morgan fingerprint density at radius 1 is 1.04 bits per heavy atom. The van der Waals surface area contributed by atoms with Gasteiger partial charge in [-0.2, -0.15) is 31.3 Å². The lowest BCUT2D eigenvalue weighted by Gasteiger charge is -2.41. The number of rotatable bonds is 9. The van der Waals surface area contributed by atoms with Crippen LogP contribution >= 0.6 is 23.2 Å². The number of nitrogens with zero attached hydrogens (tertiary/aromatic N) is 2. The first-order valence-electron chi connectivity index (χ1n) is 15.0. The molecule has 1 aliphatic heterocycles. The van der Waals surface area contributed by atoms with Crippen LogP contribution in [0.5, 0.6) is 5.88 Å². The molecule has 2 aliphatic carbocycles. The van der Waals surface area contributed by atoms with Crippen molar-refractivity contribution in [1.82, 2.24) is 15.6 Å². The smallest absolute Gasteiger partial charge is 0.403 e. The van der Waals surface area contributed by atoms with Crippen LogP contribution in [0.25, 0.3) is 0 Å². The van der Waals surface area contributed by atoms with Crippen LogP contribution in [0.2, 0.25) is 10.0 Å². The summed E-state index contributed by atoms with van der Waals surface area (Å²) < 4.78 is 111. The van der Waals surface area contributed by atoms with Gasteiger partial charge in [-0.05, 0) is 56.2 Å². The molecule has 0 radical (unpaired) electrons. The molecule has 2 aromatic rings. The molecule has 48 heavy (non-hydrogen) atoms. The molecule has 2 heterocycles. The summed E-state index contributed by atoms with van der Waals surface area (Å²) in [5.74, 6) is -3.59. The largest absolute Gasteiger partial charge is 0.471 e. The van der Waals surface area contributed by atoms with Gasteiger partial charge in [0.2, 0.25) is 11.8 Å². The van der Waals surface area contributed by atoms with E-state index in [0.717, 1.165) is 0 Å². The van der Waals surface area contributed by atoms with E-state index in [2.05, 4.69) is 25.9 Å². The summed E-state index contributed by atoms with van der Waals surface area (Å²) in [6.07, 6.45) is -12.4. The maximum atomic E-state index is 13.6. The summed E-state index contributed by atoms with van der Waals surface area (Å²) in [6, 6.07) is 3.62. The number of hydrogen-bond donors (Lipinski definition) is 3. The van der Waals surface area contributed by atoms with E-state index < -0.39 is 60.5 Å². The monoisotopic (exact) mass is 729 g/mol. The molecule has 2 amide bonds. The number of amides is 2. The predicted molar refractivity (Wildman–Crippen MR) is 160 cm³/mol. The van der Waals surface area contributed by atoms with Crippen molar-refractivity contribution in [2.24, 2.45) is 16.3 Å². The molecule has 2 fully saturated rings. The third-order valence-corrected chi connectivity index (χ3v) is 9.57. The summed E-state index contributed by atoms with van der Waals surface area (Å²) in [4.78, 5) is 34.2. The average molecular weight is 730 g/mol. The fraction of sp³-hybridized carbons (Fsp3) is 0.533. The van der Waals surface area contributed by atoms with Crippen molar-refractivity contribution in [3.8, 4) is 5.88 Å². The van der Waals surface area contributed by atoms with Crippen LogP contribution < -0.4 is 20.7 Å². The summed E-state index contributed by atoms with van der Waals surface area (Å²) in [5, 5.41) is 7.99. The summed E-state index contributed by atoms with van der Waals surface area (Å²) in [5.41, 5.74) is -1.90. The van der Waals surface area contributed by atoms with Gasteiger partial charge in [0.1, 0.15) is 16.8 Å². The Hall–Kier alpha value is -3.40. The minimum Gasteiger partial charge on any atom is -0.471 e. The van der Waals surface area contributed by atoms with E-state index in [1.165, 1.54) is 18.2 Å². The van der Waals surface area contributed by atoms with Crippen LogP contribution in [-0.4, -0.2) is 54.1 Å². The number of carbonyl (C=O) groups excluding carboxylic acids is 2. The number of anilines is 1. The molecule has 1 aromatic heterocycles. The van der Waals surface area contributed by atoms with Gasteiger partial charge >= 0.3 is 12.4 Å². The molecule has 3 aliphatic rings. The van der Waals surface area contributed by atoms with E-state index in [-0.39, 0.29) is 96.4 Å². The molecule has 0 unspecified atom stereocenters. The van der Waals surface area contributed by atoms with E-state index >= 15 is 0 Å². The van der Waals surface area contributed by atoms with Gasteiger partial charge in [-0.25, -0.2) is 13.8 Å². The highest BCUT2D eigenvalue weighted by Crippen LogP contribution is 2.53. The number of alkyl halides is 8. The molecule has 18 heteroatoms. The zero-order chi connectivity index (χ0) is 35.0. The SMILES string of the molecule is O=C(NC1CCC(C(F)(F)F)CC1)c1cc2c(nc1OCC(F)F)N=C(Nc1c(Cl)ccc(CNC(=O)C3(C(F)(F)F)CCC3)c1Cl)C2. The lowest BCUT2D eigenvalue weighted by atomic mass is 9.67. The van der Waals surface area contributed by atoms with Gasteiger partial charge in [0.05, 0.1) is 21.7 Å². The Labute approximate surface area is 279 Å². The lowest BCUT2D eigenvalue weighted by molar-refractivity contribution is -0.243. The Kier molecular flexibility index (Phi) is 10.4. The number of hydrogen-bond acceptors (Lipinski definition) is 6. The fourth-order valence-electron chi connectivity index (χ4n) is 5.92. The summed E-state index contributed by atoms with van der Waals surface area (Å²) in [6.45, 7) is -1.41. The third-order valence-electron chi connectivity index (χ3n) is 8.82. The number of benzene rings is 1. The molecule has 0 bridgehead atoms. The molecular formula is C30H29Cl2F8N5O3. The lowest BCUT2D eigenvalue weighted by Crippen LogP contribution is -2.54. The maximum Gasteiger partial charge on any atom is 0.403 e. The van der Waals surface area contributed by atoms with Crippen LogP contribution in [-0.2, 0) is 17.8 Å². The van der Waals surface area contributed by atoms with E-state index in [1.54, 1.807) is 0 Å². The van der Waals surface area contributed by atoms with Crippen LogP contribution in [0.15, 0.2) is 23.2 Å². The fourth-order valence-corrected chi connectivity index (χ4v) is 6.46. The number of nitrogens with one attached hydrogen (secondary N) is 3. The van der Waals surface area contributed by atoms with Crippen molar-refractivity contribution in [3.63, 3.8) is 0 Å². The number of pyridine rings is 1. The molecule has 0 atom stereocenters. The Bertz CT molecular complexity index is 1590. The second-order valence-electron chi connectivity index (χ2n) is 12.0. The highest BCUT2D eigenvalue weighted by molar-refractivity contribution is 6.40. The second kappa shape index (κ2) is 13.8. The molecule has 0 saturated heterocycles. The number of halogens is 10. The molecular weight excluding hydrogens is 701 g/mol. The second-order valence-corrected chi connectivity index (χ2v) is 12.7. The number of carbonyl (C=O) groups is 2. The van der Waals surface area contributed by atoms with Gasteiger partial charge in [-0.1, -0.05) is 35.7 Å². The van der Waals surface area contributed by atoms with E-state index in [1.807, 2.05) is 0 Å². The Morgan fingerprint density at radius 2 is 1.73 bits per heavy atom. The molecule has 0 spiro atoms. The highest BCUT2D eigenvalue weighted by Gasteiger charge is 2.63. The van der Waals surface area contributed by atoms with E-state index in [4.69, 9.17) is 27.9 Å². The van der Waals surface area contributed by atoms with Gasteiger partial charge in [-0.15, -0.1) is 0 Å². The first kappa shape index (κ1) is 35.9. The van der Waals surface area contributed by atoms with Crippen molar-refractivity contribution >= 4 is 52.4 Å². The highest BCUT2D eigenvalue weighted by atomic mass is 35.5. The first-order chi connectivity index (χ1) is 22.5. The first-order valence-corrected chi connectivity index (χ1v) is 15.7. The number of amidine groups is 1. The topological polar surface area (TPSA) is 105 Å². The van der Waals surface area contributed by atoms with Crippen LogP contribution in [0.3, 0.4) is 0 Å². The maximum absolute atomic E-state index is 13.6. The van der Waals surface area contributed by atoms with Gasteiger partial charge in [0.25, 0.3) is 12.3 Å². The van der Waals surface area contributed by atoms with Crippen LogP contribution in [0, 0.1) is 11.3 Å². The molecule has 2 saturated carbocycles. The normalized spacial score (nSPS) is 20.4. The van der Waals surface area contributed by atoms with Gasteiger partial charge < -0.3 is 20.7 Å². The van der Waals surface area contributed by atoms with Crippen molar-refractivity contribution in [2.75, 3.05) is 11.9 Å².